The van der Waals surface area contributed by atoms with Crippen LogP contribution in [0.5, 0.6) is 0 Å². The molecule has 96 valence electrons. The molecular weight excluding hydrogens is 245 g/mol. The Bertz CT molecular complexity index is 509. The Morgan fingerprint density at radius 3 is 2.72 bits per heavy atom. The summed E-state index contributed by atoms with van der Waals surface area (Å²) in [4.78, 5) is 0. The molecule has 2 aliphatic rings. The first kappa shape index (κ1) is 11.4. The lowest BCUT2D eigenvalue weighted by molar-refractivity contribution is -0.174. The van der Waals surface area contributed by atoms with Crippen molar-refractivity contribution in [3.05, 3.63) is 11.8 Å². The molecule has 3 rings (SSSR count). The number of nitrogens with one attached hydrogen (secondary N) is 1. The number of alkyl halides is 3. The van der Waals surface area contributed by atoms with Gasteiger partial charge in [-0.3, -0.25) is 0 Å². The predicted octanol–water partition coefficient (Wildman–Crippen LogP) is 2.45. The highest BCUT2D eigenvalue weighted by molar-refractivity contribution is 5.53. The van der Waals surface area contributed by atoms with E-state index in [0.29, 0.717) is 5.92 Å². The van der Waals surface area contributed by atoms with Crippen molar-refractivity contribution in [3.8, 4) is 6.07 Å². The van der Waals surface area contributed by atoms with E-state index in [-0.39, 0.29) is 23.8 Å². The highest BCUT2D eigenvalue weighted by Gasteiger charge is 2.49. The fourth-order valence-electron chi connectivity index (χ4n) is 2.48. The zero-order valence-electron chi connectivity index (χ0n) is 9.41. The van der Waals surface area contributed by atoms with Gasteiger partial charge in [-0.15, -0.1) is 0 Å². The Hall–Kier alpha value is -1.71. The van der Waals surface area contributed by atoms with E-state index in [1.807, 2.05) is 6.07 Å². The Kier molecular flexibility index (Phi) is 2.30. The summed E-state index contributed by atoms with van der Waals surface area (Å²) in [6, 6.07) is 0.0492. The molecule has 0 radical (unpaired) electrons. The number of anilines is 1. The summed E-state index contributed by atoms with van der Waals surface area (Å²) in [5.74, 6) is 0.507. The van der Waals surface area contributed by atoms with E-state index < -0.39 is 12.2 Å². The van der Waals surface area contributed by atoms with E-state index in [9.17, 15) is 13.2 Å². The summed E-state index contributed by atoms with van der Waals surface area (Å²) < 4.78 is 40.0. The van der Waals surface area contributed by atoms with Crippen LogP contribution in [0.15, 0.2) is 6.20 Å². The monoisotopic (exact) mass is 256 g/mol. The number of hydrogen-bond donors (Lipinski definition) is 1. The first-order chi connectivity index (χ1) is 8.50. The van der Waals surface area contributed by atoms with Gasteiger partial charge in [0, 0.05) is 6.04 Å². The van der Waals surface area contributed by atoms with E-state index in [4.69, 9.17) is 5.26 Å². The molecule has 0 amide bonds. The fraction of sp³-hybridized carbons (Fsp3) is 0.636. The average molecular weight is 256 g/mol. The van der Waals surface area contributed by atoms with Crippen LogP contribution >= 0.6 is 0 Å². The molecule has 0 unspecified atom stereocenters. The number of nitriles is 1. The molecule has 2 heterocycles. The second-order valence-electron chi connectivity index (χ2n) is 4.84. The number of aromatic nitrogens is 2. The van der Waals surface area contributed by atoms with Crippen LogP contribution in [0.1, 0.15) is 30.9 Å². The predicted molar refractivity (Wildman–Crippen MR) is 56.8 cm³/mol. The van der Waals surface area contributed by atoms with Gasteiger partial charge in [0.1, 0.15) is 17.5 Å². The van der Waals surface area contributed by atoms with Crippen LogP contribution in [0, 0.1) is 17.2 Å². The molecule has 0 bridgehead atoms. The molecule has 1 saturated carbocycles. The van der Waals surface area contributed by atoms with Gasteiger partial charge in [-0.05, 0) is 25.2 Å². The molecule has 0 saturated heterocycles. The first-order valence-corrected chi connectivity index (χ1v) is 5.81. The summed E-state index contributed by atoms with van der Waals surface area (Å²) in [6.07, 6.45) is -1.23. The summed E-state index contributed by atoms with van der Waals surface area (Å²) >= 11 is 0. The van der Waals surface area contributed by atoms with Gasteiger partial charge in [0.05, 0.1) is 6.20 Å². The van der Waals surface area contributed by atoms with Gasteiger partial charge in [-0.25, -0.2) is 4.68 Å². The molecule has 2 atom stereocenters. The van der Waals surface area contributed by atoms with Gasteiger partial charge in [0.2, 0.25) is 0 Å². The van der Waals surface area contributed by atoms with E-state index in [0.717, 1.165) is 17.5 Å². The van der Waals surface area contributed by atoms with Crippen LogP contribution in [0.3, 0.4) is 0 Å². The van der Waals surface area contributed by atoms with Gasteiger partial charge in [0.25, 0.3) is 0 Å². The molecule has 1 aromatic heterocycles. The van der Waals surface area contributed by atoms with Crippen molar-refractivity contribution in [2.24, 2.45) is 5.92 Å². The maximum Gasteiger partial charge on any atom is 0.410 e. The zero-order chi connectivity index (χ0) is 12.9. The maximum atomic E-state index is 13.0. The molecular formula is C11H11F3N4. The highest BCUT2D eigenvalue weighted by Crippen LogP contribution is 2.45. The van der Waals surface area contributed by atoms with Crippen molar-refractivity contribution in [2.45, 2.75) is 37.5 Å². The SMILES string of the molecule is N#Cc1cnn2c1N[C@H](C1CC1)C[C@@H]2C(F)(F)F. The van der Waals surface area contributed by atoms with Gasteiger partial charge < -0.3 is 5.32 Å². The molecule has 0 spiro atoms. The third-order valence-corrected chi connectivity index (χ3v) is 3.58. The van der Waals surface area contributed by atoms with Crippen molar-refractivity contribution in [1.29, 1.82) is 5.26 Å². The second-order valence-corrected chi connectivity index (χ2v) is 4.84. The third kappa shape index (κ3) is 1.72. The van der Waals surface area contributed by atoms with Crippen LogP contribution < -0.4 is 5.32 Å². The Morgan fingerprint density at radius 1 is 1.44 bits per heavy atom. The molecule has 18 heavy (non-hydrogen) atoms. The van der Waals surface area contributed by atoms with E-state index in [1.54, 1.807) is 0 Å². The third-order valence-electron chi connectivity index (χ3n) is 3.58. The number of fused-ring (bicyclic) bond motifs is 1. The fourth-order valence-corrected chi connectivity index (χ4v) is 2.48. The standard InChI is InChI=1S/C11H11F3N4/c12-11(13,14)9-3-8(6-1-2-6)17-10-7(4-15)5-16-18(9)10/h5-6,8-9,17H,1-3H2/t8-,9+/m0/s1. The molecule has 1 fully saturated rings. The molecule has 0 aromatic carbocycles. The summed E-state index contributed by atoms with van der Waals surface area (Å²) in [7, 11) is 0. The average Bonchev–Trinajstić information content (AvgIpc) is 3.07. The molecule has 7 heteroatoms. The Morgan fingerprint density at radius 2 is 2.17 bits per heavy atom. The summed E-state index contributed by atoms with van der Waals surface area (Å²) in [6.45, 7) is 0. The van der Waals surface area contributed by atoms with Crippen LogP contribution in [0.4, 0.5) is 19.0 Å². The minimum atomic E-state index is -4.33. The van der Waals surface area contributed by atoms with Crippen LogP contribution in [-0.4, -0.2) is 22.0 Å². The topological polar surface area (TPSA) is 53.6 Å². The largest absolute Gasteiger partial charge is 0.410 e. The van der Waals surface area contributed by atoms with Crippen LogP contribution in [0.2, 0.25) is 0 Å². The number of rotatable bonds is 1. The second kappa shape index (κ2) is 3.64. The van der Waals surface area contributed by atoms with E-state index in [1.165, 1.54) is 6.20 Å². The molecule has 1 aliphatic heterocycles. The number of halogens is 3. The Balaban J connectivity index is 2.01. The van der Waals surface area contributed by atoms with Crippen LogP contribution in [-0.2, 0) is 0 Å². The minimum Gasteiger partial charge on any atom is -0.366 e. The number of hydrogen-bond acceptors (Lipinski definition) is 3. The van der Waals surface area contributed by atoms with E-state index in [2.05, 4.69) is 10.4 Å². The molecule has 1 aromatic rings. The lowest BCUT2D eigenvalue weighted by Gasteiger charge is -2.33. The normalized spacial score (nSPS) is 27.2. The maximum absolute atomic E-state index is 13.0. The van der Waals surface area contributed by atoms with Crippen molar-refractivity contribution >= 4 is 5.82 Å². The minimum absolute atomic E-state index is 0.00623. The summed E-state index contributed by atoms with van der Waals surface area (Å²) in [5, 5.41) is 15.6. The smallest absolute Gasteiger partial charge is 0.366 e. The number of nitrogens with zero attached hydrogens (tertiary/aromatic N) is 3. The van der Waals surface area contributed by atoms with Crippen molar-refractivity contribution in [3.63, 3.8) is 0 Å². The van der Waals surface area contributed by atoms with E-state index >= 15 is 0 Å². The Labute approximate surface area is 101 Å². The lowest BCUT2D eigenvalue weighted by Crippen LogP contribution is -2.40. The van der Waals surface area contributed by atoms with Gasteiger partial charge >= 0.3 is 6.18 Å². The highest BCUT2D eigenvalue weighted by atomic mass is 19.4. The van der Waals surface area contributed by atoms with Crippen molar-refractivity contribution in [1.82, 2.24) is 9.78 Å². The van der Waals surface area contributed by atoms with Crippen molar-refractivity contribution in [2.75, 3.05) is 5.32 Å². The first-order valence-electron chi connectivity index (χ1n) is 5.81. The quantitative estimate of drug-likeness (QED) is 0.839. The zero-order valence-corrected chi connectivity index (χ0v) is 9.41. The molecule has 1 aliphatic carbocycles. The van der Waals surface area contributed by atoms with Gasteiger partial charge in [-0.2, -0.15) is 23.5 Å². The van der Waals surface area contributed by atoms with Gasteiger partial charge in [-0.1, -0.05) is 0 Å². The van der Waals surface area contributed by atoms with Crippen LogP contribution in [0.25, 0.3) is 0 Å². The van der Waals surface area contributed by atoms with Gasteiger partial charge in [0.15, 0.2) is 6.04 Å². The lowest BCUT2D eigenvalue weighted by atomic mass is 10.00. The molecule has 1 N–H and O–H groups in total. The molecule has 4 nitrogen and oxygen atoms in total. The summed E-state index contributed by atoms with van der Waals surface area (Å²) in [5.41, 5.74) is 0.176. The van der Waals surface area contributed by atoms with Crippen molar-refractivity contribution < 1.29 is 13.2 Å².